The summed E-state index contributed by atoms with van der Waals surface area (Å²) in [5.41, 5.74) is 3.32. The van der Waals surface area contributed by atoms with E-state index in [-0.39, 0.29) is 12.1 Å². The summed E-state index contributed by atoms with van der Waals surface area (Å²) in [5, 5.41) is 4.13. The lowest BCUT2D eigenvalue weighted by Crippen LogP contribution is -2.57. The summed E-state index contributed by atoms with van der Waals surface area (Å²) in [6.45, 7) is 0.559. The number of hydrogen-bond acceptors (Lipinski definition) is 5. The molecule has 1 N–H and O–H groups in total. The first-order valence-electron chi connectivity index (χ1n) is 8.81. The zero-order valence-corrected chi connectivity index (χ0v) is 17.1. The van der Waals surface area contributed by atoms with Gasteiger partial charge in [0.05, 0.1) is 19.4 Å². The van der Waals surface area contributed by atoms with Gasteiger partial charge in [0.2, 0.25) is 10.0 Å². The lowest BCUT2D eigenvalue weighted by molar-refractivity contribution is 0.0792. The van der Waals surface area contributed by atoms with Gasteiger partial charge in [-0.25, -0.2) is 17.9 Å². The molecule has 1 fully saturated rings. The van der Waals surface area contributed by atoms with Gasteiger partial charge in [-0.15, -0.1) is 0 Å². The Balaban J connectivity index is 1.88. The second kappa shape index (κ2) is 8.41. The van der Waals surface area contributed by atoms with Gasteiger partial charge >= 0.3 is 6.09 Å². The van der Waals surface area contributed by atoms with Crippen LogP contribution in [0.5, 0.6) is 0 Å². The van der Waals surface area contributed by atoms with Crippen LogP contribution in [-0.2, 0) is 21.2 Å². The molecule has 1 aromatic heterocycles. The Bertz CT molecular complexity index is 881. The van der Waals surface area contributed by atoms with E-state index in [4.69, 9.17) is 4.74 Å². The van der Waals surface area contributed by atoms with Crippen LogP contribution < -0.4 is 4.72 Å². The zero-order chi connectivity index (χ0) is 19.4. The third-order valence-corrected chi connectivity index (χ3v) is 6.19. The summed E-state index contributed by atoms with van der Waals surface area (Å²) in [4.78, 5) is 13.9. The first-order valence-corrected chi connectivity index (χ1v) is 11.6. The second-order valence-corrected chi connectivity index (χ2v) is 9.35. The van der Waals surface area contributed by atoms with Crippen LogP contribution in [0.25, 0.3) is 11.1 Å². The fraction of sp³-hybridized carbons (Fsp3) is 0.421. The van der Waals surface area contributed by atoms with E-state index >= 15 is 0 Å². The average Bonchev–Trinajstić information content (AvgIpc) is 3.16. The highest BCUT2D eigenvalue weighted by molar-refractivity contribution is 7.88. The highest BCUT2D eigenvalue weighted by Gasteiger charge is 2.36. The SMILES string of the molecule is COC(=O)N1CCC[C@H](NS(C)(=O)=O)[C@@H]1Cc1cccc(-c2ccsc2)c1. The van der Waals surface area contributed by atoms with Crippen LogP contribution in [-0.4, -0.2) is 51.4 Å². The molecule has 1 aliphatic rings. The van der Waals surface area contributed by atoms with Gasteiger partial charge in [0.1, 0.15) is 0 Å². The van der Waals surface area contributed by atoms with Gasteiger partial charge in [-0.3, -0.25) is 0 Å². The molecule has 0 aliphatic carbocycles. The van der Waals surface area contributed by atoms with E-state index in [1.807, 2.05) is 17.5 Å². The number of hydrogen-bond donors (Lipinski definition) is 1. The average molecular weight is 409 g/mol. The highest BCUT2D eigenvalue weighted by atomic mass is 32.2. The highest BCUT2D eigenvalue weighted by Crippen LogP contribution is 2.26. The van der Waals surface area contributed by atoms with E-state index in [0.29, 0.717) is 19.4 Å². The number of carbonyl (C=O) groups excluding carboxylic acids is 1. The summed E-state index contributed by atoms with van der Waals surface area (Å²) in [7, 11) is -2.02. The molecule has 1 aromatic carbocycles. The van der Waals surface area contributed by atoms with E-state index < -0.39 is 16.1 Å². The largest absolute Gasteiger partial charge is 0.453 e. The van der Waals surface area contributed by atoms with Gasteiger partial charge in [0, 0.05) is 12.6 Å². The van der Waals surface area contributed by atoms with Gasteiger partial charge in [0.25, 0.3) is 0 Å². The van der Waals surface area contributed by atoms with E-state index in [9.17, 15) is 13.2 Å². The lowest BCUT2D eigenvalue weighted by atomic mass is 9.91. The van der Waals surface area contributed by atoms with E-state index in [2.05, 4.69) is 28.3 Å². The molecule has 0 radical (unpaired) electrons. The molecule has 2 aromatic rings. The van der Waals surface area contributed by atoms with Crippen LogP contribution in [0.2, 0.25) is 0 Å². The first kappa shape index (κ1) is 19.9. The fourth-order valence-corrected chi connectivity index (χ4v) is 5.10. The summed E-state index contributed by atoms with van der Waals surface area (Å²) in [6, 6.07) is 9.60. The van der Waals surface area contributed by atoms with Crippen molar-refractivity contribution >= 4 is 27.5 Å². The number of methoxy groups -OCH3 is 1. The smallest absolute Gasteiger partial charge is 0.409 e. The van der Waals surface area contributed by atoms with Crippen molar-refractivity contribution in [2.24, 2.45) is 0 Å². The summed E-state index contributed by atoms with van der Waals surface area (Å²) in [5.74, 6) is 0. The van der Waals surface area contributed by atoms with Crippen LogP contribution in [0.1, 0.15) is 18.4 Å². The molecule has 1 saturated heterocycles. The Morgan fingerprint density at radius 3 is 2.81 bits per heavy atom. The number of sulfonamides is 1. The predicted octanol–water partition coefficient (Wildman–Crippen LogP) is 3.11. The molecule has 0 spiro atoms. The van der Waals surface area contributed by atoms with Crippen LogP contribution in [0.3, 0.4) is 0 Å². The number of rotatable bonds is 5. The van der Waals surface area contributed by atoms with Crippen molar-refractivity contribution in [3.05, 3.63) is 46.7 Å². The Morgan fingerprint density at radius 2 is 2.15 bits per heavy atom. The van der Waals surface area contributed by atoms with Crippen molar-refractivity contribution in [1.82, 2.24) is 9.62 Å². The monoisotopic (exact) mass is 408 g/mol. The maximum atomic E-state index is 12.3. The van der Waals surface area contributed by atoms with Crippen molar-refractivity contribution in [3.63, 3.8) is 0 Å². The number of nitrogens with one attached hydrogen (secondary N) is 1. The van der Waals surface area contributed by atoms with Crippen LogP contribution in [0.4, 0.5) is 4.79 Å². The topological polar surface area (TPSA) is 75.7 Å². The molecule has 1 aliphatic heterocycles. The number of ether oxygens (including phenoxy) is 1. The zero-order valence-electron chi connectivity index (χ0n) is 15.4. The van der Waals surface area contributed by atoms with Gasteiger partial charge in [-0.1, -0.05) is 24.3 Å². The number of amides is 1. The van der Waals surface area contributed by atoms with Gasteiger partial charge in [-0.2, -0.15) is 11.3 Å². The molecule has 27 heavy (non-hydrogen) atoms. The molecule has 2 atom stereocenters. The quantitative estimate of drug-likeness (QED) is 0.825. The van der Waals surface area contributed by atoms with E-state index in [1.165, 1.54) is 7.11 Å². The second-order valence-electron chi connectivity index (χ2n) is 6.79. The van der Waals surface area contributed by atoms with E-state index in [1.54, 1.807) is 16.2 Å². The van der Waals surface area contributed by atoms with Crippen molar-refractivity contribution in [1.29, 1.82) is 0 Å². The van der Waals surface area contributed by atoms with Crippen molar-refractivity contribution in [2.45, 2.75) is 31.3 Å². The van der Waals surface area contributed by atoms with Gasteiger partial charge in [-0.05, 0) is 52.8 Å². The van der Waals surface area contributed by atoms with Crippen molar-refractivity contribution in [2.75, 3.05) is 19.9 Å². The molecular weight excluding hydrogens is 384 g/mol. The molecule has 8 heteroatoms. The normalized spacial score (nSPS) is 20.4. The van der Waals surface area contributed by atoms with Crippen molar-refractivity contribution < 1.29 is 17.9 Å². The maximum Gasteiger partial charge on any atom is 0.409 e. The lowest BCUT2D eigenvalue weighted by Gasteiger charge is -2.40. The molecule has 0 bridgehead atoms. The van der Waals surface area contributed by atoms with Crippen molar-refractivity contribution in [3.8, 4) is 11.1 Å². The summed E-state index contributed by atoms with van der Waals surface area (Å²) in [6.07, 6.45) is 2.70. The van der Waals surface area contributed by atoms with Crippen LogP contribution in [0.15, 0.2) is 41.1 Å². The molecule has 6 nitrogen and oxygen atoms in total. The Kier molecular flexibility index (Phi) is 6.18. The first-order chi connectivity index (χ1) is 12.9. The number of piperidine rings is 1. The molecule has 1 amide bonds. The molecule has 2 heterocycles. The number of likely N-dealkylation sites (tertiary alicyclic amines) is 1. The standard InChI is InChI=1S/C19H24N2O4S2/c1-25-19(22)21-9-4-7-17(20-27(2,23)24)18(21)12-14-5-3-6-15(11-14)16-8-10-26-13-16/h3,5-6,8,10-11,13,17-18,20H,4,7,9,12H2,1-2H3/t17-,18-/m0/s1. The molecule has 3 rings (SSSR count). The predicted molar refractivity (Wildman–Crippen MR) is 107 cm³/mol. The summed E-state index contributed by atoms with van der Waals surface area (Å²) < 4.78 is 31.3. The van der Waals surface area contributed by atoms with Crippen LogP contribution in [0, 0.1) is 0 Å². The Morgan fingerprint density at radius 1 is 1.33 bits per heavy atom. The number of nitrogens with zero attached hydrogens (tertiary/aromatic N) is 1. The minimum absolute atomic E-state index is 0.293. The third-order valence-electron chi connectivity index (χ3n) is 4.78. The number of carbonyl (C=O) groups is 1. The maximum absolute atomic E-state index is 12.3. The number of thiophene rings is 1. The Labute approximate surface area is 164 Å². The third kappa shape index (κ3) is 5.09. The summed E-state index contributed by atoms with van der Waals surface area (Å²) >= 11 is 1.64. The van der Waals surface area contributed by atoms with Crippen LogP contribution >= 0.6 is 11.3 Å². The molecule has 0 unspecified atom stereocenters. The molecular formula is C19H24N2O4S2. The molecule has 0 saturated carbocycles. The van der Waals surface area contributed by atoms with Gasteiger partial charge < -0.3 is 9.64 Å². The number of benzene rings is 1. The Hall–Kier alpha value is -1.90. The minimum atomic E-state index is -3.38. The fourth-order valence-electron chi connectivity index (χ4n) is 3.61. The minimum Gasteiger partial charge on any atom is -0.453 e. The van der Waals surface area contributed by atoms with Gasteiger partial charge in [0.15, 0.2) is 0 Å². The molecule has 146 valence electrons. The van der Waals surface area contributed by atoms with E-state index in [0.717, 1.165) is 29.4 Å².